The van der Waals surface area contributed by atoms with Crippen molar-refractivity contribution in [3.63, 3.8) is 0 Å². The minimum atomic E-state index is 0.126. The molecule has 1 aliphatic heterocycles. The predicted molar refractivity (Wildman–Crippen MR) is 91.4 cm³/mol. The first-order valence-corrected chi connectivity index (χ1v) is 8.68. The van der Waals surface area contributed by atoms with Gasteiger partial charge in [0, 0.05) is 36.1 Å². The van der Waals surface area contributed by atoms with Gasteiger partial charge in [0.05, 0.1) is 11.1 Å². The lowest BCUT2D eigenvalue weighted by Crippen LogP contribution is -2.47. The minimum absolute atomic E-state index is 0.126. The number of amides is 1. The third-order valence-electron chi connectivity index (χ3n) is 5.12. The van der Waals surface area contributed by atoms with Gasteiger partial charge in [-0.2, -0.15) is 0 Å². The van der Waals surface area contributed by atoms with E-state index >= 15 is 0 Å². The predicted octanol–water partition coefficient (Wildman–Crippen LogP) is 3.07. The van der Waals surface area contributed by atoms with Crippen LogP contribution in [0.25, 0.3) is 10.9 Å². The van der Waals surface area contributed by atoms with Crippen LogP contribution in [0.2, 0.25) is 0 Å². The van der Waals surface area contributed by atoms with E-state index in [1.54, 1.807) is 0 Å². The van der Waals surface area contributed by atoms with E-state index in [1.165, 1.54) is 12.8 Å². The first-order chi connectivity index (χ1) is 11.3. The molecule has 23 heavy (non-hydrogen) atoms. The van der Waals surface area contributed by atoms with Crippen molar-refractivity contribution in [1.82, 2.24) is 9.88 Å². The normalized spacial score (nSPS) is 21.6. The van der Waals surface area contributed by atoms with E-state index in [4.69, 9.17) is 10.7 Å². The lowest BCUT2D eigenvalue weighted by molar-refractivity contribution is 0.0625. The zero-order valence-corrected chi connectivity index (χ0v) is 13.4. The SMILES string of the molecule is NCC1CCCCN1C(=O)c1cc(C2CC2)nc2ccccc12. The van der Waals surface area contributed by atoms with Gasteiger partial charge < -0.3 is 10.6 Å². The number of pyridine rings is 1. The average Bonchev–Trinajstić information content (AvgIpc) is 3.45. The van der Waals surface area contributed by atoms with Crippen molar-refractivity contribution in [3.05, 3.63) is 41.6 Å². The topological polar surface area (TPSA) is 59.2 Å². The number of rotatable bonds is 3. The third-order valence-corrected chi connectivity index (χ3v) is 5.12. The summed E-state index contributed by atoms with van der Waals surface area (Å²) < 4.78 is 0. The van der Waals surface area contributed by atoms with E-state index in [-0.39, 0.29) is 11.9 Å². The molecule has 120 valence electrons. The van der Waals surface area contributed by atoms with Gasteiger partial charge in [-0.05, 0) is 44.2 Å². The van der Waals surface area contributed by atoms with Gasteiger partial charge in [0.2, 0.25) is 0 Å². The molecule has 1 saturated carbocycles. The maximum atomic E-state index is 13.2. The van der Waals surface area contributed by atoms with Crippen molar-refractivity contribution in [3.8, 4) is 0 Å². The van der Waals surface area contributed by atoms with Crippen molar-refractivity contribution in [2.24, 2.45) is 5.73 Å². The number of nitrogens with two attached hydrogens (primary N) is 1. The average molecular weight is 309 g/mol. The molecule has 0 bridgehead atoms. The van der Waals surface area contributed by atoms with Crippen LogP contribution in [0.3, 0.4) is 0 Å². The number of para-hydroxylation sites is 1. The highest BCUT2D eigenvalue weighted by atomic mass is 16.2. The fourth-order valence-electron chi connectivity index (χ4n) is 3.63. The Morgan fingerprint density at radius 3 is 2.83 bits per heavy atom. The number of nitrogens with zero attached hydrogens (tertiary/aromatic N) is 2. The van der Waals surface area contributed by atoms with Gasteiger partial charge in [-0.15, -0.1) is 0 Å². The molecule has 4 nitrogen and oxygen atoms in total. The molecule has 1 aromatic heterocycles. The molecule has 1 aromatic carbocycles. The molecule has 1 amide bonds. The van der Waals surface area contributed by atoms with Crippen LogP contribution in [-0.4, -0.2) is 34.9 Å². The molecular formula is C19H23N3O. The highest BCUT2D eigenvalue weighted by Crippen LogP contribution is 2.40. The van der Waals surface area contributed by atoms with E-state index in [0.29, 0.717) is 12.5 Å². The smallest absolute Gasteiger partial charge is 0.254 e. The van der Waals surface area contributed by atoms with Crippen LogP contribution in [0.4, 0.5) is 0 Å². The molecule has 2 N–H and O–H groups in total. The van der Waals surface area contributed by atoms with E-state index in [0.717, 1.165) is 48.0 Å². The Balaban J connectivity index is 1.78. The zero-order chi connectivity index (χ0) is 15.8. The first-order valence-electron chi connectivity index (χ1n) is 8.68. The van der Waals surface area contributed by atoms with Crippen molar-refractivity contribution in [2.75, 3.05) is 13.1 Å². The lowest BCUT2D eigenvalue weighted by Gasteiger charge is -2.35. The molecule has 1 saturated heterocycles. The quantitative estimate of drug-likeness (QED) is 0.948. The Morgan fingerprint density at radius 1 is 1.22 bits per heavy atom. The summed E-state index contributed by atoms with van der Waals surface area (Å²) >= 11 is 0. The Bertz CT molecular complexity index is 738. The number of carbonyl (C=O) groups excluding carboxylic acids is 1. The second kappa shape index (κ2) is 5.93. The van der Waals surface area contributed by atoms with Crippen LogP contribution in [-0.2, 0) is 0 Å². The van der Waals surface area contributed by atoms with Crippen molar-refractivity contribution >= 4 is 16.8 Å². The van der Waals surface area contributed by atoms with Gasteiger partial charge in [0.25, 0.3) is 5.91 Å². The van der Waals surface area contributed by atoms with Crippen LogP contribution >= 0.6 is 0 Å². The second-order valence-electron chi connectivity index (χ2n) is 6.77. The number of likely N-dealkylation sites (tertiary alicyclic amines) is 1. The molecule has 4 rings (SSSR count). The maximum Gasteiger partial charge on any atom is 0.254 e. The number of aromatic nitrogens is 1. The van der Waals surface area contributed by atoms with E-state index < -0.39 is 0 Å². The summed E-state index contributed by atoms with van der Waals surface area (Å²) in [5.41, 5.74) is 8.72. The van der Waals surface area contributed by atoms with Crippen molar-refractivity contribution in [2.45, 2.75) is 44.1 Å². The van der Waals surface area contributed by atoms with Gasteiger partial charge in [-0.3, -0.25) is 9.78 Å². The lowest BCUT2D eigenvalue weighted by atomic mass is 9.99. The first kappa shape index (κ1) is 14.6. The molecule has 0 radical (unpaired) electrons. The van der Waals surface area contributed by atoms with Crippen LogP contribution in [0, 0.1) is 0 Å². The summed E-state index contributed by atoms with van der Waals surface area (Å²) in [7, 11) is 0. The Labute approximate surface area is 136 Å². The standard InChI is InChI=1S/C19H23N3O/c20-12-14-5-3-4-10-22(14)19(23)16-11-18(13-8-9-13)21-17-7-2-1-6-15(16)17/h1-2,6-7,11,13-14H,3-5,8-10,12,20H2. The Morgan fingerprint density at radius 2 is 2.04 bits per heavy atom. The largest absolute Gasteiger partial charge is 0.334 e. The minimum Gasteiger partial charge on any atom is -0.334 e. The molecule has 2 fully saturated rings. The third kappa shape index (κ3) is 2.72. The van der Waals surface area contributed by atoms with Crippen molar-refractivity contribution < 1.29 is 4.79 Å². The highest BCUT2D eigenvalue weighted by Gasteiger charge is 2.30. The van der Waals surface area contributed by atoms with Crippen LogP contribution in [0.1, 0.15) is 54.1 Å². The molecular weight excluding hydrogens is 286 g/mol. The monoisotopic (exact) mass is 309 g/mol. The number of fused-ring (bicyclic) bond motifs is 1. The summed E-state index contributed by atoms with van der Waals surface area (Å²) in [6.45, 7) is 1.36. The maximum absolute atomic E-state index is 13.2. The number of piperidine rings is 1. The number of hydrogen-bond donors (Lipinski definition) is 1. The zero-order valence-electron chi connectivity index (χ0n) is 13.4. The second-order valence-corrected chi connectivity index (χ2v) is 6.77. The number of hydrogen-bond acceptors (Lipinski definition) is 3. The van der Waals surface area contributed by atoms with E-state index in [2.05, 4.69) is 0 Å². The molecule has 4 heteroatoms. The molecule has 1 atom stereocenters. The molecule has 0 spiro atoms. The molecule has 2 aromatic rings. The molecule has 2 aliphatic rings. The molecule has 1 aliphatic carbocycles. The van der Waals surface area contributed by atoms with Crippen LogP contribution in [0.5, 0.6) is 0 Å². The number of carbonyl (C=O) groups is 1. The summed E-state index contributed by atoms with van der Waals surface area (Å²) in [5.74, 6) is 0.665. The van der Waals surface area contributed by atoms with Gasteiger partial charge in [0.1, 0.15) is 0 Å². The highest BCUT2D eigenvalue weighted by molar-refractivity contribution is 6.06. The Hall–Kier alpha value is -1.94. The van der Waals surface area contributed by atoms with Gasteiger partial charge in [-0.25, -0.2) is 0 Å². The summed E-state index contributed by atoms with van der Waals surface area (Å²) in [5, 5.41) is 0.961. The van der Waals surface area contributed by atoms with Crippen LogP contribution < -0.4 is 5.73 Å². The molecule has 1 unspecified atom stereocenters. The fraction of sp³-hybridized carbons (Fsp3) is 0.474. The Kier molecular flexibility index (Phi) is 3.77. The van der Waals surface area contributed by atoms with E-state index in [1.807, 2.05) is 35.2 Å². The van der Waals surface area contributed by atoms with Gasteiger partial charge in [-0.1, -0.05) is 18.2 Å². The molecule has 2 heterocycles. The van der Waals surface area contributed by atoms with Gasteiger partial charge >= 0.3 is 0 Å². The van der Waals surface area contributed by atoms with Crippen LogP contribution in [0.15, 0.2) is 30.3 Å². The summed E-state index contributed by atoms with van der Waals surface area (Å²) in [4.78, 5) is 20.0. The van der Waals surface area contributed by atoms with Crippen molar-refractivity contribution in [1.29, 1.82) is 0 Å². The van der Waals surface area contributed by atoms with E-state index in [9.17, 15) is 4.79 Å². The number of benzene rings is 1. The summed E-state index contributed by atoms with van der Waals surface area (Å²) in [6.07, 6.45) is 5.62. The fourth-order valence-corrected chi connectivity index (χ4v) is 3.63. The van der Waals surface area contributed by atoms with Gasteiger partial charge in [0.15, 0.2) is 0 Å². The summed E-state index contributed by atoms with van der Waals surface area (Å²) in [6, 6.07) is 10.2.